The standard InChI is InChI=1S/C23H28N6O/c30-23(28-12-10-27(11-13-28)20-7-2-1-3-8-20)18-14-21-22(25-15-18)29(17-26-21)16-19-6-4-5-9-24-19/h4-6,9,14-15,17,20H,1-3,7-8,10-13,16H2. The van der Waals surface area contributed by atoms with Gasteiger partial charge in [-0.25, -0.2) is 9.97 Å². The lowest BCUT2D eigenvalue weighted by atomic mass is 9.94. The van der Waals surface area contributed by atoms with Crippen molar-refractivity contribution in [2.45, 2.75) is 44.7 Å². The number of carbonyl (C=O) groups is 1. The lowest BCUT2D eigenvalue weighted by Gasteiger charge is -2.40. The number of carbonyl (C=O) groups excluding carboxylic acids is 1. The first kappa shape index (κ1) is 19.2. The largest absolute Gasteiger partial charge is 0.336 e. The van der Waals surface area contributed by atoms with E-state index in [-0.39, 0.29) is 5.91 Å². The Morgan fingerprint density at radius 3 is 2.60 bits per heavy atom. The first-order chi connectivity index (χ1) is 14.8. The van der Waals surface area contributed by atoms with Crippen LogP contribution >= 0.6 is 0 Å². The number of hydrogen-bond donors (Lipinski definition) is 0. The van der Waals surface area contributed by atoms with Gasteiger partial charge in [0.25, 0.3) is 5.91 Å². The molecule has 7 nitrogen and oxygen atoms in total. The summed E-state index contributed by atoms with van der Waals surface area (Å²) in [7, 11) is 0. The second kappa shape index (κ2) is 8.52. The zero-order chi connectivity index (χ0) is 20.3. The number of fused-ring (bicyclic) bond motifs is 1. The van der Waals surface area contributed by atoms with Gasteiger partial charge in [0, 0.05) is 44.6 Å². The summed E-state index contributed by atoms with van der Waals surface area (Å²) in [6.07, 6.45) is 11.9. The quantitative estimate of drug-likeness (QED) is 0.669. The normalized spacial score (nSPS) is 18.7. The molecule has 3 aromatic rings. The van der Waals surface area contributed by atoms with Gasteiger partial charge in [0.1, 0.15) is 5.52 Å². The van der Waals surface area contributed by atoms with Crippen molar-refractivity contribution in [3.8, 4) is 0 Å². The van der Waals surface area contributed by atoms with Crippen molar-refractivity contribution in [3.05, 3.63) is 54.2 Å². The SMILES string of the molecule is O=C(c1cnc2c(c1)ncn2Cc1ccccn1)N1CCN(C2CCCCC2)CC1. The van der Waals surface area contributed by atoms with Crippen molar-refractivity contribution in [2.24, 2.45) is 0 Å². The third kappa shape index (κ3) is 3.94. The molecule has 1 saturated carbocycles. The van der Waals surface area contributed by atoms with Crippen LogP contribution in [-0.4, -0.2) is 67.4 Å². The van der Waals surface area contributed by atoms with E-state index in [4.69, 9.17) is 0 Å². The molecule has 1 aliphatic carbocycles. The lowest BCUT2D eigenvalue weighted by molar-refractivity contribution is 0.0523. The molecule has 0 bridgehead atoms. The maximum Gasteiger partial charge on any atom is 0.255 e. The van der Waals surface area contributed by atoms with Gasteiger partial charge in [-0.2, -0.15) is 0 Å². The summed E-state index contributed by atoms with van der Waals surface area (Å²) in [6.45, 7) is 4.15. The monoisotopic (exact) mass is 404 g/mol. The number of imidazole rings is 1. The van der Waals surface area contributed by atoms with Crippen LogP contribution in [0.15, 0.2) is 43.0 Å². The Morgan fingerprint density at radius 2 is 1.83 bits per heavy atom. The fourth-order valence-corrected chi connectivity index (χ4v) is 4.77. The molecule has 7 heteroatoms. The van der Waals surface area contributed by atoms with Gasteiger partial charge < -0.3 is 9.47 Å². The molecule has 156 valence electrons. The summed E-state index contributed by atoms with van der Waals surface area (Å²) in [5.41, 5.74) is 3.10. The van der Waals surface area contributed by atoms with Crippen molar-refractivity contribution >= 4 is 17.1 Å². The number of piperazine rings is 1. The molecule has 3 aromatic heterocycles. The maximum absolute atomic E-state index is 13.0. The zero-order valence-corrected chi connectivity index (χ0v) is 17.3. The molecule has 0 radical (unpaired) electrons. The lowest BCUT2D eigenvalue weighted by Crippen LogP contribution is -2.52. The summed E-state index contributed by atoms with van der Waals surface area (Å²) in [6, 6.07) is 8.45. The van der Waals surface area contributed by atoms with Gasteiger partial charge in [-0.15, -0.1) is 0 Å². The highest BCUT2D eigenvalue weighted by Gasteiger charge is 2.27. The predicted molar refractivity (Wildman–Crippen MR) is 115 cm³/mol. The highest BCUT2D eigenvalue weighted by molar-refractivity contribution is 5.96. The molecule has 0 atom stereocenters. The third-order valence-corrected chi connectivity index (χ3v) is 6.45. The minimum Gasteiger partial charge on any atom is -0.336 e. The van der Waals surface area contributed by atoms with Crippen LogP contribution in [0, 0.1) is 0 Å². The van der Waals surface area contributed by atoms with Gasteiger partial charge in [-0.05, 0) is 31.0 Å². The molecule has 0 unspecified atom stereocenters. The van der Waals surface area contributed by atoms with Gasteiger partial charge >= 0.3 is 0 Å². The molecule has 0 N–H and O–H groups in total. The van der Waals surface area contributed by atoms with Crippen molar-refractivity contribution < 1.29 is 4.79 Å². The average Bonchev–Trinajstić information content (AvgIpc) is 3.22. The van der Waals surface area contributed by atoms with Crippen LogP contribution in [0.2, 0.25) is 0 Å². The second-order valence-electron chi connectivity index (χ2n) is 8.38. The Morgan fingerprint density at radius 1 is 1.00 bits per heavy atom. The smallest absolute Gasteiger partial charge is 0.255 e. The zero-order valence-electron chi connectivity index (χ0n) is 17.3. The number of hydrogen-bond acceptors (Lipinski definition) is 5. The van der Waals surface area contributed by atoms with E-state index in [0.717, 1.165) is 49.1 Å². The highest BCUT2D eigenvalue weighted by atomic mass is 16.2. The maximum atomic E-state index is 13.0. The molecular formula is C23H28N6O. The first-order valence-corrected chi connectivity index (χ1v) is 11.0. The number of amides is 1. The van der Waals surface area contributed by atoms with Gasteiger partial charge in [0.15, 0.2) is 5.65 Å². The fourth-order valence-electron chi connectivity index (χ4n) is 4.77. The first-order valence-electron chi connectivity index (χ1n) is 11.0. The molecule has 4 heterocycles. The molecule has 0 aromatic carbocycles. The number of pyridine rings is 2. The minimum atomic E-state index is 0.0620. The average molecular weight is 405 g/mol. The molecule has 2 aliphatic rings. The van der Waals surface area contributed by atoms with Crippen molar-refractivity contribution in [1.29, 1.82) is 0 Å². The highest BCUT2D eigenvalue weighted by Crippen LogP contribution is 2.24. The van der Waals surface area contributed by atoms with Gasteiger partial charge in [-0.3, -0.25) is 14.7 Å². The van der Waals surface area contributed by atoms with Crippen LogP contribution < -0.4 is 0 Å². The summed E-state index contributed by atoms with van der Waals surface area (Å²) in [5, 5.41) is 0. The second-order valence-corrected chi connectivity index (χ2v) is 8.38. The van der Waals surface area contributed by atoms with Crippen LogP contribution in [0.1, 0.15) is 48.2 Å². The summed E-state index contributed by atoms with van der Waals surface area (Å²) in [5.74, 6) is 0.0620. The van der Waals surface area contributed by atoms with Crippen molar-refractivity contribution in [3.63, 3.8) is 0 Å². The topological polar surface area (TPSA) is 67.2 Å². The predicted octanol–water partition coefficient (Wildman–Crippen LogP) is 2.97. The van der Waals surface area contributed by atoms with Crippen LogP contribution in [0.3, 0.4) is 0 Å². The van der Waals surface area contributed by atoms with E-state index in [1.165, 1.54) is 32.1 Å². The Bertz CT molecular complexity index is 1000. The van der Waals surface area contributed by atoms with Crippen LogP contribution in [0.5, 0.6) is 0 Å². The minimum absolute atomic E-state index is 0.0620. The molecule has 1 aliphatic heterocycles. The number of rotatable bonds is 4. The molecule has 0 spiro atoms. The molecule has 1 amide bonds. The van der Waals surface area contributed by atoms with E-state index in [2.05, 4.69) is 19.9 Å². The van der Waals surface area contributed by atoms with E-state index in [1.54, 1.807) is 18.7 Å². The van der Waals surface area contributed by atoms with Gasteiger partial charge in [-0.1, -0.05) is 25.3 Å². The summed E-state index contributed by atoms with van der Waals surface area (Å²) in [4.78, 5) is 31.0. The van der Waals surface area contributed by atoms with Gasteiger partial charge in [0.2, 0.25) is 0 Å². The number of aromatic nitrogens is 4. The molecular weight excluding hydrogens is 376 g/mol. The van der Waals surface area contributed by atoms with E-state index in [0.29, 0.717) is 12.1 Å². The fraction of sp³-hybridized carbons (Fsp3) is 0.478. The summed E-state index contributed by atoms with van der Waals surface area (Å²) < 4.78 is 1.97. The molecule has 5 rings (SSSR count). The van der Waals surface area contributed by atoms with Gasteiger partial charge in [0.05, 0.1) is 24.1 Å². The summed E-state index contributed by atoms with van der Waals surface area (Å²) >= 11 is 0. The third-order valence-electron chi connectivity index (χ3n) is 6.45. The van der Waals surface area contributed by atoms with E-state index in [9.17, 15) is 4.79 Å². The number of nitrogens with zero attached hydrogens (tertiary/aromatic N) is 6. The van der Waals surface area contributed by atoms with Crippen molar-refractivity contribution in [2.75, 3.05) is 26.2 Å². The Hall–Kier alpha value is -2.80. The van der Waals surface area contributed by atoms with E-state index >= 15 is 0 Å². The van der Waals surface area contributed by atoms with Crippen molar-refractivity contribution in [1.82, 2.24) is 29.3 Å². The Labute approximate surface area is 176 Å². The molecule has 1 saturated heterocycles. The van der Waals surface area contributed by atoms with Crippen LogP contribution in [0.4, 0.5) is 0 Å². The van der Waals surface area contributed by atoms with Crippen LogP contribution in [-0.2, 0) is 6.54 Å². The Balaban J connectivity index is 1.25. The molecule has 2 fully saturated rings. The molecule has 30 heavy (non-hydrogen) atoms. The van der Waals surface area contributed by atoms with E-state index < -0.39 is 0 Å². The Kier molecular flexibility index (Phi) is 5.45. The van der Waals surface area contributed by atoms with E-state index in [1.807, 2.05) is 33.7 Å². The van der Waals surface area contributed by atoms with Crippen LogP contribution in [0.25, 0.3) is 11.2 Å².